The second-order valence-electron chi connectivity index (χ2n) is 10.5. The average molecular weight is 876 g/mol. The molecule has 0 aliphatic carbocycles. The molecule has 16 heteroatoms. The first-order valence-electron chi connectivity index (χ1n) is 17.9. The van der Waals surface area contributed by atoms with E-state index in [0.29, 0.717) is 0 Å². The molecule has 0 aliphatic heterocycles. The van der Waals surface area contributed by atoms with Gasteiger partial charge in [-0.1, -0.05) is 150 Å². The summed E-state index contributed by atoms with van der Waals surface area (Å²) >= 11 is 0. The van der Waals surface area contributed by atoms with Gasteiger partial charge in [0.25, 0.3) is 0 Å². The van der Waals surface area contributed by atoms with Gasteiger partial charge in [0.05, 0.1) is 35.5 Å². The van der Waals surface area contributed by atoms with Crippen LogP contribution in [0, 0.1) is 11.8 Å². The van der Waals surface area contributed by atoms with Crippen LogP contribution in [0.25, 0.3) is 12.2 Å². The van der Waals surface area contributed by atoms with E-state index in [4.69, 9.17) is 9.59 Å². The van der Waals surface area contributed by atoms with E-state index in [9.17, 15) is 24.0 Å². The first kappa shape index (κ1) is 65.1. The van der Waals surface area contributed by atoms with E-state index in [0.717, 1.165) is 16.7 Å². The van der Waals surface area contributed by atoms with Crippen molar-refractivity contribution in [2.75, 3.05) is 56.4 Å². The van der Waals surface area contributed by atoms with Gasteiger partial charge in [-0.25, -0.2) is 4.79 Å². The molecule has 1 unspecified atom stereocenters. The predicted octanol–water partition coefficient (Wildman–Crippen LogP) is 4.52. The molecule has 0 saturated carbocycles. The molecular weight excluding hydrogens is 815 g/mol. The van der Waals surface area contributed by atoms with Gasteiger partial charge in [0, 0.05) is 20.1 Å². The van der Waals surface area contributed by atoms with E-state index in [1.54, 1.807) is 18.2 Å². The first-order chi connectivity index (χ1) is 29.0. The Morgan fingerprint density at radius 1 is 0.581 bits per heavy atom. The maximum Gasteiger partial charge on any atom is 1.00 e. The molecule has 3 rings (SSSR count). The SMILES string of the molecule is C.C=CC(c1ccccc1)C(C(=O)OC)C(=O)OC.CC.COC(=O)C(C/C=C/c1ccccc1)C(=O)OC.COC(=O)OC/C=C/c1ccccc1.CO[C-]=O.CO[C-]=O.[Na+]. The number of allylic oxidation sites excluding steroid dienone is 2. The minimum Gasteiger partial charge on any atom is -0.655 e. The van der Waals surface area contributed by atoms with Crippen LogP contribution in [-0.2, 0) is 66.7 Å². The van der Waals surface area contributed by atoms with Crippen molar-refractivity contribution in [1.29, 1.82) is 0 Å². The minimum atomic E-state index is -1.03. The van der Waals surface area contributed by atoms with Gasteiger partial charge in [0.2, 0.25) is 0 Å². The number of methoxy groups -OCH3 is 7. The fraction of sp³-hybridized carbons (Fsp3) is 0.326. The van der Waals surface area contributed by atoms with E-state index in [2.05, 4.69) is 44.5 Å². The number of hydrogen-bond acceptors (Lipinski definition) is 15. The van der Waals surface area contributed by atoms with Crippen molar-refractivity contribution in [3.63, 3.8) is 0 Å². The zero-order valence-corrected chi connectivity index (χ0v) is 38.5. The second kappa shape index (κ2) is 46.0. The number of hydrogen-bond donors (Lipinski definition) is 0. The van der Waals surface area contributed by atoms with Crippen LogP contribution in [0.5, 0.6) is 0 Å². The van der Waals surface area contributed by atoms with Gasteiger partial charge >= 0.3 is 59.6 Å². The van der Waals surface area contributed by atoms with E-state index < -0.39 is 47.8 Å². The smallest absolute Gasteiger partial charge is 0.655 e. The minimum absolute atomic E-state index is 0. The predicted molar refractivity (Wildman–Crippen MR) is 232 cm³/mol. The van der Waals surface area contributed by atoms with E-state index in [1.807, 2.05) is 117 Å². The third kappa shape index (κ3) is 31.8. The standard InChI is InChI=1S/2C14H16O4.C11H12O3.2C2H3O2.C2H6.CH4.Na/c1-17-13(15)12(14(16)18-2)10-6-9-11-7-4-3-5-8-11;1-4-11(10-8-6-5-7-9-10)12(13(15)17-2)14(16)18-3;1-13-11(12)14-9-5-8-10-6-3-2-4-7-10;2*1-4-2-3;1-2;;/h3-9,12H,10H2,1-2H3;4-9,11-12H,1H2,2-3H3;2-8H,9H2,1H3;2*1H3;1-2H3;1H4;/q;;;2*-1;;;+1/b9-6+;;8-5+;;;;;. The maximum absolute atomic E-state index is 11.7. The van der Waals surface area contributed by atoms with Crippen LogP contribution in [0.15, 0.2) is 116 Å². The number of esters is 4. The van der Waals surface area contributed by atoms with Crippen LogP contribution < -0.4 is 29.6 Å². The molecular formula is C46H60NaO15-. The summed E-state index contributed by atoms with van der Waals surface area (Å²) in [6.45, 7) is 10.3. The Morgan fingerprint density at radius 2 is 0.935 bits per heavy atom. The molecule has 0 radical (unpaired) electrons. The van der Waals surface area contributed by atoms with Crippen molar-refractivity contribution >= 4 is 55.1 Å². The van der Waals surface area contributed by atoms with Crippen molar-refractivity contribution in [2.45, 2.75) is 33.6 Å². The molecule has 336 valence electrons. The summed E-state index contributed by atoms with van der Waals surface area (Å²) < 4.78 is 34.9. The fourth-order valence-corrected chi connectivity index (χ4v) is 4.18. The Bertz CT molecular complexity index is 1630. The average Bonchev–Trinajstić information content (AvgIpc) is 3.32. The molecule has 0 fully saturated rings. The topological polar surface area (TPSA) is 193 Å². The molecule has 0 heterocycles. The van der Waals surface area contributed by atoms with Crippen molar-refractivity contribution < 1.29 is 101 Å². The zero-order valence-electron chi connectivity index (χ0n) is 36.5. The molecule has 3 aromatic rings. The van der Waals surface area contributed by atoms with E-state index in [-0.39, 0.29) is 50.0 Å². The van der Waals surface area contributed by atoms with Crippen molar-refractivity contribution in [3.05, 3.63) is 132 Å². The van der Waals surface area contributed by atoms with Crippen molar-refractivity contribution in [3.8, 4) is 0 Å². The third-order valence-electron chi connectivity index (χ3n) is 6.90. The quantitative estimate of drug-likeness (QED) is 0.0517. The number of benzene rings is 3. The van der Waals surface area contributed by atoms with Crippen LogP contribution in [0.2, 0.25) is 0 Å². The zero-order chi connectivity index (χ0) is 46.0. The Balaban J connectivity index is -0.000000234. The van der Waals surface area contributed by atoms with Crippen molar-refractivity contribution in [2.24, 2.45) is 11.8 Å². The van der Waals surface area contributed by atoms with E-state index in [1.165, 1.54) is 62.7 Å². The number of ether oxygens (including phenoxy) is 8. The summed E-state index contributed by atoms with van der Waals surface area (Å²) in [6.07, 6.45) is 8.38. The van der Waals surface area contributed by atoms with E-state index >= 15 is 0 Å². The van der Waals surface area contributed by atoms with Gasteiger partial charge in [0.1, 0.15) is 6.61 Å². The molecule has 0 saturated heterocycles. The Hall–Kier alpha value is -6.03. The number of carbonyl (C=O) groups is 5. The summed E-state index contributed by atoms with van der Waals surface area (Å²) in [7, 11) is 8.77. The van der Waals surface area contributed by atoms with Crippen LogP contribution in [0.3, 0.4) is 0 Å². The summed E-state index contributed by atoms with van der Waals surface area (Å²) in [4.78, 5) is 74.4. The van der Waals surface area contributed by atoms with Crippen LogP contribution in [-0.4, -0.2) is 99.4 Å². The summed E-state index contributed by atoms with van der Waals surface area (Å²) in [5, 5.41) is 0. The summed E-state index contributed by atoms with van der Waals surface area (Å²) in [5.74, 6) is -4.82. The first-order valence-corrected chi connectivity index (χ1v) is 17.9. The van der Waals surface area contributed by atoms with Crippen LogP contribution in [0.1, 0.15) is 50.3 Å². The molecule has 0 aliphatic rings. The Kier molecular flexibility index (Phi) is 48.3. The monoisotopic (exact) mass is 875 g/mol. The van der Waals surface area contributed by atoms with Crippen LogP contribution >= 0.6 is 0 Å². The Morgan fingerprint density at radius 3 is 1.26 bits per heavy atom. The molecule has 3 aromatic carbocycles. The molecule has 0 spiro atoms. The number of rotatable bonds is 15. The van der Waals surface area contributed by atoms with Gasteiger partial charge < -0.3 is 47.5 Å². The molecule has 0 aromatic heterocycles. The number of carbonyl (C=O) groups excluding carboxylic acids is 7. The third-order valence-corrected chi connectivity index (χ3v) is 6.90. The van der Waals surface area contributed by atoms with Gasteiger partial charge in [-0.2, -0.15) is 0 Å². The van der Waals surface area contributed by atoms with Gasteiger partial charge in [-0.3, -0.25) is 19.2 Å². The second-order valence-corrected chi connectivity index (χ2v) is 10.5. The Labute approximate surface area is 388 Å². The molecule has 0 amide bonds. The fourth-order valence-electron chi connectivity index (χ4n) is 4.18. The van der Waals surface area contributed by atoms with Crippen molar-refractivity contribution in [1.82, 2.24) is 0 Å². The molecule has 1 atom stereocenters. The van der Waals surface area contributed by atoms with Gasteiger partial charge in [-0.05, 0) is 29.2 Å². The van der Waals surface area contributed by atoms with Gasteiger partial charge in [-0.15, -0.1) is 6.58 Å². The normalized spacial score (nSPS) is 9.53. The molecule has 62 heavy (non-hydrogen) atoms. The molecule has 0 bridgehead atoms. The molecule has 0 N–H and O–H groups in total. The summed E-state index contributed by atoms with van der Waals surface area (Å²) in [6, 6.07) is 28.6. The van der Waals surface area contributed by atoms with Crippen LogP contribution in [0.4, 0.5) is 4.79 Å². The molecule has 15 nitrogen and oxygen atoms in total. The largest absolute Gasteiger partial charge is 1.00 e. The maximum atomic E-state index is 11.7. The summed E-state index contributed by atoms with van der Waals surface area (Å²) in [5.41, 5.74) is 2.89. The van der Waals surface area contributed by atoms with Gasteiger partial charge in [0.15, 0.2) is 11.8 Å².